The molecule has 1 unspecified atom stereocenters. The molecule has 0 aliphatic carbocycles. The maximum Gasteiger partial charge on any atom is 0.335 e. The Kier molecular flexibility index (Phi) is 5.16. The highest BCUT2D eigenvalue weighted by atomic mass is 16.5. The number of carbonyl (C=O) groups is 2. The van der Waals surface area contributed by atoms with E-state index in [1.807, 2.05) is 20.8 Å². The number of benzene rings is 1. The first kappa shape index (κ1) is 16.7. The summed E-state index contributed by atoms with van der Waals surface area (Å²) in [5, 5.41) is 15.7. The van der Waals surface area contributed by atoms with E-state index in [2.05, 4.69) is 10.5 Å². The molecule has 1 aromatic heterocycles. The van der Waals surface area contributed by atoms with E-state index in [1.165, 1.54) is 12.1 Å². The summed E-state index contributed by atoms with van der Waals surface area (Å²) < 4.78 is 5.14. The minimum absolute atomic E-state index is 0.0931. The predicted molar refractivity (Wildman–Crippen MR) is 84.5 cm³/mol. The molecule has 0 spiro atoms. The van der Waals surface area contributed by atoms with E-state index in [0.29, 0.717) is 12.1 Å². The number of aromatic nitrogens is 1. The van der Waals surface area contributed by atoms with Gasteiger partial charge in [-0.1, -0.05) is 24.2 Å². The zero-order chi connectivity index (χ0) is 17.0. The third-order valence-corrected chi connectivity index (χ3v) is 3.73. The van der Waals surface area contributed by atoms with E-state index in [4.69, 9.17) is 9.63 Å². The fraction of sp³-hybridized carbons (Fsp3) is 0.353. The summed E-state index contributed by atoms with van der Waals surface area (Å²) in [6, 6.07) is 6.39. The van der Waals surface area contributed by atoms with Crippen molar-refractivity contribution in [3.05, 3.63) is 52.4 Å². The number of aromatic carboxylic acids is 1. The molecule has 2 aromatic rings. The SMILES string of the molecule is Cc1noc(C)c1C(C)CNC(=O)Cc1cccc(C(=O)O)c1. The highest BCUT2D eigenvalue weighted by Crippen LogP contribution is 2.22. The fourth-order valence-corrected chi connectivity index (χ4v) is 2.62. The Morgan fingerprint density at radius 3 is 2.70 bits per heavy atom. The first-order valence-corrected chi connectivity index (χ1v) is 7.40. The monoisotopic (exact) mass is 316 g/mol. The van der Waals surface area contributed by atoms with Crippen LogP contribution in [0.25, 0.3) is 0 Å². The average molecular weight is 316 g/mol. The largest absolute Gasteiger partial charge is 0.478 e. The van der Waals surface area contributed by atoms with Crippen LogP contribution in [0, 0.1) is 13.8 Å². The van der Waals surface area contributed by atoms with Crippen molar-refractivity contribution in [1.29, 1.82) is 0 Å². The van der Waals surface area contributed by atoms with Crippen LogP contribution in [0.15, 0.2) is 28.8 Å². The molecular formula is C17H20N2O4. The van der Waals surface area contributed by atoms with Crippen molar-refractivity contribution in [1.82, 2.24) is 10.5 Å². The summed E-state index contributed by atoms with van der Waals surface area (Å²) in [7, 11) is 0. The predicted octanol–water partition coefficient (Wildman–Crippen LogP) is 2.45. The second-order valence-electron chi connectivity index (χ2n) is 5.63. The molecule has 0 saturated heterocycles. The molecule has 0 bridgehead atoms. The van der Waals surface area contributed by atoms with Crippen molar-refractivity contribution < 1.29 is 19.2 Å². The van der Waals surface area contributed by atoms with Crippen LogP contribution in [0.3, 0.4) is 0 Å². The lowest BCUT2D eigenvalue weighted by Gasteiger charge is -2.12. The Bertz CT molecular complexity index is 702. The van der Waals surface area contributed by atoms with Crippen LogP contribution in [0.4, 0.5) is 0 Å². The van der Waals surface area contributed by atoms with Crippen molar-refractivity contribution in [2.75, 3.05) is 6.54 Å². The molecule has 1 atom stereocenters. The number of amides is 1. The Hall–Kier alpha value is -2.63. The molecule has 23 heavy (non-hydrogen) atoms. The van der Waals surface area contributed by atoms with Gasteiger partial charge >= 0.3 is 5.97 Å². The lowest BCUT2D eigenvalue weighted by molar-refractivity contribution is -0.120. The first-order chi connectivity index (χ1) is 10.9. The molecule has 122 valence electrons. The van der Waals surface area contributed by atoms with Gasteiger partial charge in [-0.3, -0.25) is 4.79 Å². The number of carboxylic acid groups (broad SMARTS) is 1. The molecule has 0 fully saturated rings. The van der Waals surface area contributed by atoms with E-state index in [1.54, 1.807) is 12.1 Å². The van der Waals surface area contributed by atoms with E-state index in [-0.39, 0.29) is 23.8 Å². The smallest absolute Gasteiger partial charge is 0.335 e. The van der Waals surface area contributed by atoms with Gasteiger partial charge in [0.15, 0.2) is 0 Å². The summed E-state index contributed by atoms with van der Waals surface area (Å²) in [5.41, 5.74) is 2.70. The maximum absolute atomic E-state index is 12.0. The maximum atomic E-state index is 12.0. The molecule has 2 N–H and O–H groups in total. The van der Waals surface area contributed by atoms with Crippen LogP contribution >= 0.6 is 0 Å². The second-order valence-corrected chi connectivity index (χ2v) is 5.63. The lowest BCUT2D eigenvalue weighted by Crippen LogP contribution is -2.29. The Labute approximate surface area is 134 Å². The zero-order valence-electron chi connectivity index (χ0n) is 13.4. The summed E-state index contributed by atoms with van der Waals surface area (Å²) in [6.07, 6.45) is 0.148. The Morgan fingerprint density at radius 2 is 2.09 bits per heavy atom. The van der Waals surface area contributed by atoms with Crippen LogP contribution in [-0.2, 0) is 11.2 Å². The molecule has 0 aliphatic rings. The van der Waals surface area contributed by atoms with E-state index >= 15 is 0 Å². The highest BCUT2D eigenvalue weighted by molar-refractivity contribution is 5.88. The number of carboxylic acids is 1. The number of nitrogens with zero attached hydrogens (tertiary/aromatic N) is 1. The summed E-state index contributed by atoms with van der Waals surface area (Å²) in [5.74, 6) is -0.292. The molecule has 1 aromatic carbocycles. The van der Waals surface area contributed by atoms with Gasteiger partial charge in [0.05, 0.1) is 17.7 Å². The van der Waals surface area contributed by atoms with Gasteiger partial charge in [-0.2, -0.15) is 0 Å². The molecule has 0 saturated carbocycles. The molecule has 0 aliphatic heterocycles. The van der Waals surface area contributed by atoms with Crippen molar-refractivity contribution in [3.8, 4) is 0 Å². The highest BCUT2D eigenvalue weighted by Gasteiger charge is 2.17. The number of rotatable bonds is 6. The molecule has 6 nitrogen and oxygen atoms in total. The summed E-state index contributed by atoms with van der Waals surface area (Å²) in [6.45, 7) is 6.20. The van der Waals surface area contributed by atoms with Crippen molar-refractivity contribution in [2.45, 2.75) is 33.1 Å². The number of aryl methyl sites for hydroxylation is 2. The third-order valence-electron chi connectivity index (χ3n) is 3.73. The molecule has 1 heterocycles. The van der Waals surface area contributed by atoms with Crippen LogP contribution < -0.4 is 5.32 Å². The summed E-state index contributed by atoms with van der Waals surface area (Å²) in [4.78, 5) is 23.0. The average Bonchev–Trinajstić information content (AvgIpc) is 2.84. The second kappa shape index (κ2) is 7.09. The molecule has 6 heteroatoms. The van der Waals surface area contributed by atoms with Gasteiger partial charge in [-0.15, -0.1) is 0 Å². The number of nitrogens with one attached hydrogen (secondary N) is 1. The van der Waals surface area contributed by atoms with Crippen molar-refractivity contribution in [3.63, 3.8) is 0 Å². The number of hydrogen-bond donors (Lipinski definition) is 2. The molecule has 1 amide bonds. The van der Waals surface area contributed by atoms with Gasteiger partial charge in [0, 0.05) is 18.0 Å². The van der Waals surface area contributed by atoms with Gasteiger partial charge in [-0.25, -0.2) is 4.79 Å². The minimum atomic E-state index is -1.00. The third kappa shape index (κ3) is 4.18. The quantitative estimate of drug-likeness (QED) is 0.854. The standard InChI is InChI=1S/C17H20N2O4/c1-10(16-11(2)19-23-12(16)3)9-18-15(20)8-13-5-4-6-14(7-13)17(21)22/h4-7,10H,8-9H2,1-3H3,(H,18,20)(H,21,22). The molecule has 0 radical (unpaired) electrons. The van der Waals surface area contributed by atoms with Crippen LogP contribution in [0.2, 0.25) is 0 Å². The lowest BCUT2D eigenvalue weighted by atomic mass is 9.99. The number of carbonyl (C=O) groups excluding carboxylic acids is 1. The normalized spacial score (nSPS) is 12.0. The molecular weight excluding hydrogens is 296 g/mol. The fourth-order valence-electron chi connectivity index (χ4n) is 2.62. The minimum Gasteiger partial charge on any atom is -0.478 e. The van der Waals surface area contributed by atoms with Crippen LogP contribution in [0.5, 0.6) is 0 Å². The Morgan fingerprint density at radius 1 is 1.35 bits per heavy atom. The van der Waals surface area contributed by atoms with Gasteiger partial charge in [0.1, 0.15) is 5.76 Å². The number of hydrogen-bond acceptors (Lipinski definition) is 4. The van der Waals surface area contributed by atoms with E-state index < -0.39 is 5.97 Å². The van der Waals surface area contributed by atoms with Crippen LogP contribution in [-0.4, -0.2) is 28.7 Å². The topological polar surface area (TPSA) is 92.4 Å². The van der Waals surface area contributed by atoms with Crippen molar-refractivity contribution in [2.24, 2.45) is 0 Å². The van der Waals surface area contributed by atoms with Gasteiger partial charge < -0.3 is 14.9 Å². The summed E-state index contributed by atoms with van der Waals surface area (Å²) >= 11 is 0. The van der Waals surface area contributed by atoms with E-state index in [0.717, 1.165) is 17.0 Å². The van der Waals surface area contributed by atoms with Gasteiger partial charge in [-0.05, 0) is 31.5 Å². The van der Waals surface area contributed by atoms with Crippen LogP contribution in [0.1, 0.15) is 45.8 Å². The first-order valence-electron chi connectivity index (χ1n) is 7.40. The Balaban J connectivity index is 1.93. The zero-order valence-corrected chi connectivity index (χ0v) is 13.4. The van der Waals surface area contributed by atoms with E-state index in [9.17, 15) is 9.59 Å². The van der Waals surface area contributed by atoms with Crippen molar-refractivity contribution >= 4 is 11.9 Å². The van der Waals surface area contributed by atoms with Gasteiger partial charge in [0.2, 0.25) is 5.91 Å². The molecule has 2 rings (SSSR count). The van der Waals surface area contributed by atoms with Gasteiger partial charge in [0.25, 0.3) is 0 Å².